The topological polar surface area (TPSA) is 87.0 Å². The molecular formula is C32H48O5. The number of carbonyl (C=O) groups is 1. The third-order valence-electron chi connectivity index (χ3n) is 9.97. The molecule has 0 aromatic rings. The fourth-order valence-corrected chi connectivity index (χ4v) is 7.43. The summed E-state index contributed by atoms with van der Waals surface area (Å²) in [6.45, 7) is 13.7. The number of hydrogen-bond acceptors (Lipinski definition) is 5. The number of esters is 1. The van der Waals surface area contributed by atoms with Gasteiger partial charge in [-0.3, -0.25) is 4.79 Å². The molecule has 0 heterocycles. The van der Waals surface area contributed by atoms with E-state index in [9.17, 15) is 20.1 Å². The molecule has 5 nitrogen and oxygen atoms in total. The highest BCUT2D eigenvalue weighted by Crippen LogP contribution is 2.69. The molecule has 6 atom stereocenters. The van der Waals surface area contributed by atoms with Gasteiger partial charge in [0.1, 0.15) is 0 Å². The summed E-state index contributed by atoms with van der Waals surface area (Å²) >= 11 is 0. The molecule has 0 saturated heterocycles. The molecule has 0 amide bonds. The molecular weight excluding hydrogens is 464 g/mol. The van der Waals surface area contributed by atoms with Gasteiger partial charge in [0.2, 0.25) is 0 Å². The lowest BCUT2D eigenvalue weighted by molar-refractivity contribution is -0.162. The second-order valence-electron chi connectivity index (χ2n) is 13.3. The molecule has 4 aliphatic carbocycles. The Bertz CT molecular complexity index is 981. The van der Waals surface area contributed by atoms with Crippen molar-refractivity contribution in [2.75, 3.05) is 0 Å². The summed E-state index contributed by atoms with van der Waals surface area (Å²) in [5.74, 6) is 0.723. The molecule has 0 aromatic heterocycles. The molecule has 37 heavy (non-hydrogen) atoms. The highest BCUT2D eigenvalue weighted by molar-refractivity contribution is 5.77. The minimum atomic E-state index is -0.989. The average molecular weight is 513 g/mol. The average Bonchev–Trinajstić information content (AvgIpc) is 3.51. The van der Waals surface area contributed by atoms with Gasteiger partial charge < -0.3 is 20.1 Å². The molecule has 0 spiro atoms. The molecule has 3 N–H and O–H groups in total. The minimum Gasteiger partial charge on any atom is -0.462 e. The van der Waals surface area contributed by atoms with Crippen molar-refractivity contribution in [3.63, 3.8) is 0 Å². The SMILES string of the molecule is C=C1/C(=C\C=C2/CCC[C@]3(C)[C@@H](C4(/C=C/[C@H](O)C(C)(C)C(=O)OC(C)C)CC4)CC[C@@H]23)C[C@@H](O)C[C@@H]1O. The molecule has 0 bridgehead atoms. The first-order valence-electron chi connectivity index (χ1n) is 14.3. The van der Waals surface area contributed by atoms with E-state index in [0.29, 0.717) is 24.7 Å². The third-order valence-corrected chi connectivity index (χ3v) is 9.97. The predicted octanol–water partition coefficient (Wildman–Crippen LogP) is 5.80. The lowest BCUT2D eigenvalue weighted by Gasteiger charge is -2.45. The number of fused-ring (bicyclic) bond motifs is 1. The smallest absolute Gasteiger partial charge is 0.314 e. The van der Waals surface area contributed by atoms with Crippen LogP contribution in [0.4, 0.5) is 0 Å². The van der Waals surface area contributed by atoms with Gasteiger partial charge in [0.15, 0.2) is 0 Å². The molecule has 0 unspecified atom stereocenters. The molecule has 0 radical (unpaired) electrons. The highest BCUT2D eigenvalue weighted by atomic mass is 16.5. The van der Waals surface area contributed by atoms with Crippen LogP contribution in [0.3, 0.4) is 0 Å². The first-order valence-corrected chi connectivity index (χ1v) is 14.3. The van der Waals surface area contributed by atoms with Crippen LogP contribution in [0.1, 0.15) is 92.4 Å². The monoisotopic (exact) mass is 512 g/mol. The summed E-state index contributed by atoms with van der Waals surface area (Å²) in [5.41, 5.74) is 2.53. The van der Waals surface area contributed by atoms with E-state index in [-0.39, 0.29) is 22.9 Å². The van der Waals surface area contributed by atoms with Crippen LogP contribution in [0, 0.1) is 28.1 Å². The van der Waals surface area contributed by atoms with Gasteiger partial charge in [0.05, 0.1) is 29.8 Å². The number of aliphatic hydroxyl groups excluding tert-OH is 3. The van der Waals surface area contributed by atoms with Crippen molar-refractivity contribution in [1.29, 1.82) is 0 Å². The van der Waals surface area contributed by atoms with Gasteiger partial charge in [-0.2, -0.15) is 0 Å². The van der Waals surface area contributed by atoms with Crippen LogP contribution in [0.2, 0.25) is 0 Å². The van der Waals surface area contributed by atoms with Crippen LogP contribution in [0.25, 0.3) is 0 Å². The Kier molecular flexibility index (Phi) is 8.01. The van der Waals surface area contributed by atoms with Crippen LogP contribution < -0.4 is 0 Å². The normalized spacial score (nSPS) is 36.8. The summed E-state index contributed by atoms with van der Waals surface area (Å²) in [7, 11) is 0. The quantitative estimate of drug-likeness (QED) is 0.296. The summed E-state index contributed by atoms with van der Waals surface area (Å²) in [4.78, 5) is 12.6. The van der Waals surface area contributed by atoms with Gasteiger partial charge in [-0.15, -0.1) is 0 Å². The Hall–Kier alpha value is -1.69. The first kappa shape index (κ1) is 28.3. The van der Waals surface area contributed by atoms with E-state index in [0.717, 1.165) is 30.4 Å². The molecule has 4 rings (SSSR count). The van der Waals surface area contributed by atoms with Crippen LogP contribution >= 0.6 is 0 Å². The fourth-order valence-electron chi connectivity index (χ4n) is 7.43. The van der Waals surface area contributed by atoms with Gasteiger partial charge in [0, 0.05) is 6.42 Å². The van der Waals surface area contributed by atoms with Gasteiger partial charge >= 0.3 is 5.97 Å². The van der Waals surface area contributed by atoms with Crippen molar-refractivity contribution in [2.24, 2.45) is 28.1 Å². The number of carbonyl (C=O) groups excluding carboxylic acids is 1. The molecule has 4 saturated carbocycles. The largest absolute Gasteiger partial charge is 0.462 e. The lowest BCUT2D eigenvalue weighted by atomic mass is 9.60. The zero-order valence-electron chi connectivity index (χ0n) is 23.5. The maximum absolute atomic E-state index is 12.6. The Morgan fingerprint density at radius 2 is 1.86 bits per heavy atom. The lowest BCUT2D eigenvalue weighted by Crippen LogP contribution is -2.39. The predicted molar refractivity (Wildman–Crippen MR) is 147 cm³/mol. The number of hydrogen-bond donors (Lipinski definition) is 3. The fraction of sp³-hybridized carbons (Fsp3) is 0.719. The number of ether oxygens (including phenoxy) is 1. The van der Waals surface area contributed by atoms with Gasteiger partial charge in [-0.05, 0) is 113 Å². The first-order chi connectivity index (χ1) is 17.3. The van der Waals surface area contributed by atoms with E-state index < -0.39 is 23.7 Å². The van der Waals surface area contributed by atoms with Crippen LogP contribution in [-0.4, -0.2) is 45.7 Å². The van der Waals surface area contributed by atoms with E-state index in [4.69, 9.17) is 4.74 Å². The van der Waals surface area contributed by atoms with Crippen LogP contribution in [-0.2, 0) is 9.53 Å². The van der Waals surface area contributed by atoms with Crippen LogP contribution in [0.15, 0.2) is 47.6 Å². The third kappa shape index (κ3) is 5.55. The zero-order valence-corrected chi connectivity index (χ0v) is 23.5. The Labute approximate surface area is 223 Å². The van der Waals surface area contributed by atoms with Crippen LogP contribution in [0.5, 0.6) is 0 Å². The number of aliphatic hydroxyl groups is 3. The zero-order chi connectivity index (χ0) is 27.2. The van der Waals surface area contributed by atoms with Crippen molar-refractivity contribution < 1.29 is 24.9 Å². The van der Waals surface area contributed by atoms with Gasteiger partial charge in [-0.25, -0.2) is 0 Å². The molecule has 4 fully saturated rings. The van der Waals surface area contributed by atoms with Crippen molar-refractivity contribution in [1.82, 2.24) is 0 Å². The standard InChI is InChI=1S/C32H48O5/c1-20(2)37-29(36)30(4,5)28(35)13-15-32(16-17-32)27-12-11-25-22(8-7-14-31(25,27)6)9-10-23-18-24(33)19-26(34)21(23)3/h9-10,13,15,20,24-28,33-35H,3,7-8,11-12,14,16-19H2,1-2,4-6H3/b15-13+,22-9+,23-10-/t24-,25+,26+,27+,28+,31+/m1/s1. The van der Waals surface area contributed by atoms with Crippen molar-refractivity contribution in [3.05, 3.63) is 47.6 Å². The Morgan fingerprint density at radius 1 is 1.16 bits per heavy atom. The van der Waals surface area contributed by atoms with E-state index in [2.05, 4.69) is 31.7 Å². The summed E-state index contributed by atoms with van der Waals surface area (Å²) < 4.78 is 5.39. The molecule has 206 valence electrons. The molecule has 4 aliphatic rings. The van der Waals surface area contributed by atoms with Crippen molar-refractivity contribution in [3.8, 4) is 0 Å². The van der Waals surface area contributed by atoms with E-state index in [1.165, 1.54) is 31.3 Å². The van der Waals surface area contributed by atoms with Gasteiger partial charge in [0.25, 0.3) is 0 Å². The van der Waals surface area contributed by atoms with Gasteiger partial charge in [-0.1, -0.05) is 43.4 Å². The summed E-state index contributed by atoms with van der Waals surface area (Å²) in [5, 5.41) is 31.3. The molecule has 0 aromatic carbocycles. The Morgan fingerprint density at radius 3 is 2.51 bits per heavy atom. The van der Waals surface area contributed by atoms with E-state index >= 15 is 0 Å². The number of rotatable bonds is 7. The second-order valence-corrected chi connectivity index (χ2v) is 13.3. The van der Waals surface area contributed by atoms with Crippen molar-refractivity contribution in [2.45, 2.75) is 117 Å². The maximum atomic E-state index is 12.6. The molecule has 5 heteroatoms. The van der Waals surface area contributed by atoms with Crippen molar-refractivity contribution >= 4 is 5.97 Å². The highest BCUT2D eigenvalue weighted by Gasteiger charge is 2.60. The summed E-state index contributed by atoms with van der Waals surface area (Å²) in [6, 6.07) is 0. The minimum absolute atomic E-state index is 0.106. The Balaban J connectivity index is 1.50. The van der Waals surface area contributed by atoms with E-state index in [1.54, 1.807) is 13.8 Å². The van der Waals surface area contributed by atoms with E-state index in [1.807, 2.05) is 19.9 Å². The molecule has 0 aliphatic heterocycles. The summed E-state index contributed by atoms with van der Waals surface area (Å²) in [6.07, 6.45) is 15.2. The second kappa shape index (κ2) is 10.5. The number of allylic oxidation sites excluding steroid dienone is 4. The maximum Gasteiger partial charge on any atom is 0.314 e.